The van der Waals surface area contributed by atoms with Crippen molar-refractivity contribution >= 4 is 0 Å². The molecule has 1 nitrogen and oxygen atoms in total. The van der Waals surface area contributed by atoms with Crippen molar-refractivity contribution in [1.82, 2.24) is 4.90 Å². The van der Waals surface area contributed by atoms with Crippen LogP contribution in [0.25, 0.3) is 0 Å². The Hall–Kier alpha value is -0.980. The number of rotatable bonds is 4. The third-order valence-corrected chi connectivity index (χ3v) is 4.27. The summed E-state index contributed by atoms with van der Waals surface area (Å²) < 4.78 is 0. The minimum absolute atomic E-state index is 0.290. The normalized spacial score (nSPS) is 21.2. The van der Waals surface area contributed by atoms with Crippen molar-refractivity contribution in [2.75, 3.05) is 13.6 Å². The molecule has 0 N–H and O–H groups in total. The smallest absolute Gasteiger partial charge is 0.0172 e. The summed E-state index contributed by atoms with van der Waals surface area (Å²) in [5, 5.41) is 0. The van der Waals surface area contributed by atoms with Crippen LogP contribution in [0.15, 0.2) is 35.1 Å². The average molecular weight is 261 g/mol. The summed E-state index contributed by atoms with van der Waals surface area (Å²) >= 11 is 0. The predicted octanol–water partition coefficient (Wildman–Crippen LogP) is 5.31. The monoisotopic (exact) mass is 261 g/mol. The molecule has 0 spiro atoms. The lowest BCUT2D eigenvalue weighted by Gasteiger charge is -2.27. The van der Waals surface area contributed by atoms with Crippen molar-refractivity contribution in [2.24, 2.45) is 5.41 Å². The molecule has 0 radical (unpaired) electrons. The van der Waals surface area contributed by atoms with E-state index in [0.717, 1.165) is 0 Å². The summed E-state index contributed by atoms with van der Waals surface area (Å²) in [5.74, 6) is 0. The lowest BCUT2D eigenvalue weighted by Crippen LogP contribution is -2.18. The molecule has 0 atom stereocenters. The van der Waals surface area contributed by atoms with E-state index in [2.05, 4.69) is 64.8 Å². The Bertz CT molecular complexity index is 382. The van der Waals surface area contributed by atoms with Crippen LogP contribution >= 0.6 is 0 Å². The second kappa shape index (κ2) is 6.98. The van der Waals surface area contributed by atoms with E-state index in [1.54, 1.807) is 0 Å². The van der Waals surface area contributed by atoms with Gasteiger partial charge < -0.3 is 4.90 Å². The summed E-state index contributed by atoms with van der Waals surface area (Å²) in [4.78, 5) is 2.40. The van der Waals surface area contributed by atoms with E-state index in [1.807, 2.05) is 0 Å². The maximum atomic E-state index is 2.40. The quantitative estimate of drug-likeness (QED) is 0.619. The summed E-state index contributed by atoms with van der Waals surface area (Å²) in [7, 11) is 2.21. The number of nitrogens with zero attached hydrogens (tertiary/aromatic N) is 1. The van der Waals surface area contributed by atoms with E-state index in [4.69, 9.17) is 0 Å². The van der Waals surface area contributed by atoms with Gasteiger partial charge in [-0.1, -0.05) is 51.0 Å². The molecule has 0 bridgehead atoms. The van der Waals surface area contributed by atoms with E-state index < -0.39 is 0 Å². The van der Waals surface area contributed by atoms with Crippen LogP contribution in [-0.4, -0.2) is 18.5 Å². The zero-order valence-electron chi connectivity index (χ0n) is 13.7. The number of allylic oxidation sites excluding steroid dienone is 6. The van der Waals surface area contributed by atoms with Crippen molar-refractivity contribution in [3.05, 3.63) is 35.1 Å². The van der Waals surface area contributed by atoms with E-state index in [-0.39, 0.29) is 5.41 Å². The highest BCUT2D eigenvalue weighted by Crippen LogP contribution is 2.37. The van der Waals surface area contributed by atoms with Gasteiger partial charge in [-0.15, -0.1) is 0 Å². The molecule has 1 rings (SSSR count). The Balaban J connectivity index is 2.96. The third kappa shape index (κ3) is 4.56. The Labute approximate surface area is 120 Å². The van der Waals surface area contributed by atoms with Gasteiger partial charge >= 0.3 is 0 Å². The number of hydrogen-bond donors (Lipinski definition) is 0. The van der Waals surface area contributed by atoms with E-state index in [0.29, 0.717) is 0 Å². The van der Waals surface area contributed by atoms with Crippen molar-refractivity contribution in [3.63, 3.8) is 0 Å². The van der Waals surface area contributed by atoms with Crippen molar-refractivity contribution in [1.29, 1.82) is 0 Å². The topological polar surface area (TPSA) is 3.24 Å². The fraction of sp³-hybridized carbons (Fsp3) is 0.667. The SMILES string of the molecule is CCC/C(C)=C/C=C\C1=C(C)N(C)CCCC1(C)C. The van der Waals surface area contributed by atoms with Gasteiger partial charge in [0.1, 0.15) is 0 Å². The minimum atomic E-state index is 0.290. The Morgan fingerprint density at radius 1 is 1.37 bits per heavy atom. The zero-order valence-corrected chi connectivity index (χ0v) is 13.7. The molecule has 0 aromatic carbocycles. The van der Waals surface area contributed by atoms with Gasteiger partial charge in [0.05, 0.1) is 0 Å². The second-order valence-electron chi connectivity index (χ2n) is 6.53. The van der Waals surface area contributed by atoms with Gasteiger partial charge in [0.15, 0.2) is 0 Å². The first-order chi connectivity index (χ1) is 8.88. The number of hydrogen-bond acceptors (Lipinski definition) is 1. The van der Waals surface area contributed by atoms with Crippen LogP contribution in [0.1, 0.15) is 60.3 Å². The van der Waals surface area contributed by atoms with Crippen LogP contribution in [0.2, 0.25) is 0 Å². The first kappa shape index (κ1) is 16.1. The van der Waals surface area contributed by atoms with Crippen LogP contribution in [0.5, 0.6) is 0 Å². The molecule has 19 heavy (non-hydrogen) atoms. The lowest BCUT2D eigenvalue weighted by molar-refractivity contribution is 0.387. The van der Waals surface area contributed by atoms with Gasteiger partial charge in [0.2, 0.25) is 0 Å². The highest BCUT2D eigenvalue weighted by atomic mass is 15.1. The summed E-state index contributed by atoms with van der Waals surface area (Å²) in [6.07, 6.45) is 11.8. The Kier molecular flexibility index (Phi) is 5.90. The van der Waals surface area contributed by atoms with Gasteiger partial charge in [0.25, 0.3) is 0 Å². The maximum absolute atomic E-state index is 2.40. The predicted molar refractivity (Wildman–Crippen MR) is 86.2 cm³/mol. The molecule has 0 saturated heterocycles. The molecule has 0 saturated carbocycles. The summed E-state index contributed by atoms with van der Waals surface area (Å²) in [6, 6.07) is 0. The molecule has 0 aliphatic carbocycles. The molecule has 1 aliphatic heterocycles. The van der Waals surface area contributed by atoms with Crippen LogP contribution in [0, 0.1) is 5.41 Å². The van der Waals surface area contributed by atoms with E-state index in [9.17, 15) is 0 Å². The van der Waals surface area contributed by atoms with Gasteiger partial charge in [0, 0.05) is 19.3 Å². The molecule has 1 heterocycles. The highest BCUT2D eigenvalue weighted by Gasteiger charge is 2.26. The van der Waals surface area contributed by atoms with Crippen LogP contribution in [0.3, 0.4) is 0 Å². The lowest BCUT2D eigenvalue weighted by atomic mass is 9.79. The molecule has 0 aromatic rings. The van der Waals surface area contributed by atoms with Crippen molar-refractivity contribution in [2.45, 2.75) is 60.3 Å². The molecule has 0 aromatic heterocycles. The van der Waals surface area contributed by atoms with Crippen LogP contribution in [0.4, 0.5) is 0 Å². The van der Waals surface area contributed by atoms with Crippen LogP contribution in [-0.2, 0) is 0 Å². The molecule has 1 aliphatic rings. The standard InChI is InChI=1S/C18H31N/c1-7-10-15(2)11-8-12-17-16(3)19(6)14-9-13-18(17,4)5/h8,11-12H,7,9-10,13-14H2,1-6H3/b12-8-,15-11+. The van der Waals surface area contributed by atoms with E-state index in [1.165, 1.54) is 49.1 Å². The molecular weight excluding hydrogens is 230 g/mol. The third-order valence-electron chi connectivity index (χ3n) is 4.27. The van der Waals surface area contributed by atoms with Crippen LogP contribution < -0.4 is 0 Å². The zero-order chi connectivity index (χ0) is 14.5. The van der Waals surface area contributed by atoms with Crippen molar-refractivity contribution in [3.8, 4) is 0 Å². The Morgan fingerprint density at radius 3 is 2.68 bits per heavy atom. The fourth-order valence-electron chi connectivity index (χ4n) is 2.89. The Morgan fingerprint density at radius 2 is 2.05 bits per heavy atom. The average Bonchev–Trinajstić information content (AvgIpc) is 2.41. The summed E-state index contributed by atoms with van der Waals surface area (Å²) in [6.45, 7) is 12.6. The highest BCUT2D eigenvalue weighted by molar-refractivity contribution is 5.33. The van der Waals surface area contributed by atoms with Gasteiger partial charge in [-0.2, -0.15) is 0 Å². The molecule has 1 heteroatoms. The first-order valence-corrected chi connectivity index (χ1v) is 7.65. The molecule has 0 fully saturated rings. The van der Waals surface area contributed by atoms with Gasteiger partial charge in [-0.25, -0.2) is 0 Å². The fourth-order valence-corrected chi connectivity index (χ4v) is 2.89. The first-order valence-electron chi connectivity index (χ1n) is 7.65. The summed E-state index contributed by atoms with van der Waals surface area (Å²) in [5.41, 5.74) is 4.68. The minimum Gasteiger partial charge on any atom is -0.378 e. The molecule has 108 valence electrons. The molecule has 0 amide bonds. The van der Waals surface area contributed by atoms with Crippen molar-refractivity contribution < 1.29 is 0 Å². The van der Waals surface area contributed by atoms with Gasteiger partial charge in [-0.3, -0.25) is 0 Å². The second-order valence-corrected chi connectivity index (χ2v) is 6.53. The molecule has 0 unspecified atom stereocenters. The molecular formula is C18H31N. The van der Waals surface area contributed by atoms with E-state index >= 15 is 0 Å². The van der Waals surface area contributed by atoms with Gasteiger partial charge in [-0.05, 0) is 44.1 Å². The largest absolute Gasteiger partial charge is 0.378 e. The maximum Gasteiger partial charge on any atom is 0.0172 e.